The number of aromatic nitrogens is 5. The van der Waals surface area contributed by atoms with Gasteiger partial charge >= 0.3 is 0 Å². The van der Waals surface area contributed by atoms with Crippen LogP contribution < -0.4 is 10.6 Å². The van der Waals surface area contributed by atoms with Crippen molar-refractivity contribution in [3.05, 3.63) is 60.2 Å². The fourth-order valence-corrected chi connectivity index (χ4v) is 2.96. The maximum atomic E-state index is 12.1. The van der Waals surface area contributed by atoms with Gasteiger partial charge in [0.05, 0.1) is 11.9 Å². The van der Waals surface area contributed by atoms with Crippen molar-refractivity contribution in [3.8, 4) is 17.1 Å². The molecule has 0 aliphatic carbocycles. The predicted molar refractivity (Wildman–Crippen MR) is 103 cm³/mol. The SMILES string of the molecule is CNC(=O)c1cnc2ccc(-c3cc(NC)nn3-c3cccc(C)n3)cn12. The third kappa shape index (κ3) is 2.91. The summed E-state index contributed by atoms with van der Waals surface area (Å²) in [5, 5.41) is 10.3. The molecule has 0 saturated heterocycles. The van der Waals surface area contributed by atoms with Gasteiger partial charge in [0, 0.05) is 37.6 Å². The molecule has 4 aromatic rings. The van der Waals surface area contributed by atoms with Gasteiger partial charge in [-0.25, -0.2) is 14.6 Å². The molecule has 0 unspecified atom stereocenters. The molecule has 8 heteroatoms. The summed E-state index contributed by atoms with van der Waals surface area (Å²) in [6.45, 7) is 1.94. The van der Waals surface area contributed by atoms with Crippen LogP contribution in [0.4, 0.5) is 5.82 Å². The Morgan fingerprint density at radius 2 is 2.00 bits per heavy atom. The molecule has 0 atom stereocenters. The minimum atomic E-state index is -0.190. The van der Waals surface area contributed by atoms with E-state index in [1.807, 2.05) is 56.6 Å². The smallest absolute Gasteiger partial charge is 0.269 e. The molecule has 4 heterocycles. The number of amides is 1. The molecule has 27 heavy (non-hydrogen) atoms. The number of imidazole rings is 1. The van der Waals surface area contributed by atoms with E-state index in [-0.39, 0.29) is 5.91 Å². The highest BCUT2D eigenvalue weighted by Gasteiger charge is 2.15. The molecule has 0 radical (unpaired) electrons. The molecular weight excluding hydrogens is 342 g/mol. The van der Waals surface area contributed by atoms with Gasteiger partial charge in [0.2, 0.25) is 0 Å². The number of nitrogens with one attached hydrogen (secondary N) is 2. The number of carbonyl (C=O) groups excluding carboxylic acids is 1. The first kappa shape index (κ1) is 16.8. The number of hydrogen-bond donors (Lipinski definition) is 2. The van der Waals surface area contributed by atoms with Gasteiger partial charge in [0.1, 0.15) is 17.2 Å². The highest BCUT2D eigenvalue weighted by atomic mass is 16.1. The number of hydrogen-bond acceptors (Lipinski definition) is 5. The molecule has 136 valence electrons. The van der Waals surface area contributed by atoms with Crippen LogP contribution in [0.25, 0.3) is 22.7 Å². The van der Waals surface area contributed by atoms with Gasteiger partial charge in [-0.05, 0) is 31.2 Å². The van der Waals surface area contributed by atoms with Gasteiger partial charge in [0.25, 0.3) is 5.91 Å². The molecule has 8 nitrogen and oxygen atoms in total. The molecule has 0 bridgehead atoms. The largest absolute Gasteiger partial charge is 0.372 e. The van der Waals surface area contributed by atoms with Crippen LogP contribution in [0.15, 0.2) is 48.8 Å². The molecular formula is C19H19N7O. The van der Waals surface area contributed by atoms with E-state index in [1.165, 1.54) is 0 Å². The topological polar surface area (TPSA) is 89.1 Å². The van der Waals surface area contributed by atoms with Crippen LogP contribution in [-0.4, -0.2) is 44.2 Å². The molecule has 0 spiro atoms. The molecule has 2 N–H and O–H groups in total. The molecule has 4 rings (SSSR count). The normalized spacial score (nSPS) is 10.9. The van der Waals surface area contributed by atoms with E-state index >= 15 is 0 Å². The number of carbonyl (C=O) groups is 1. The van der Waals surface area contributed by atoms with E-state index in [0.29, 0.717) is 11.3 Å². The fraction of sp³-hybridized carbons (Fsp3) is 0.158. The lowest BCUT2D eigenvalue weighted by molar-refractivity contribution is 0.0957. The highest BCUT2D eigenvalue weighted by molar-refractivity contribution is 5.93. The Bertz CT molecular complexity index is 1140. The maximum absolute atomic E-state index is 12.1. The Morgan fingerprint density at radius 1 is 1.15 bits per heavy atom. The van der Waals surface area contributed by atoms with E-state index in [0.717, 1.165) is 28.6 Å². The zero-order valence-electron chi connectivity index (χ0n) is 15.3. The van der Waals surface area contributed by atoms with Gasteiger partial charge in [-0.2, -0.15) is 0 Å². The summed E-state index contributed by atoms with van der Waals surface area (Å²) in [4.78, 5) is 21.0. The third-order valence-electron chi connectivity index (χ3n) is 4.32. The Hall–Kier alpha value is -3.68. The summed E-state index contributed by atoms with van der Waals surface area (Å²) in [6.07, 6.45) is 3.45. The number of rotatable bonds is 4. The van der Waals surface area contributed by atoms with Crippen LogP contribution in [0, 0.1) is 6.92 Å². The van der Waals surface area contributed by atoms with Crippen LogP contribution in [0.3, 0.4) is 0 Å². The fourth-order valence-electron chi connectivity index (χ4n) is 2.96. The Balaban J connectivity index is 1.90. The van der Waals surface area contributed by atoms with Crippen LogP contribution in [0.2, 0.25) is 0 Å². The van der Waals surface area contributed by atoms with Crippen LogP contribution in [0.1, 0.15) is 16.2 Å². The quantitative estimate of drug-likeness (QED) is 0.582. The monoisotopic (exact) mass is 361 g/mol. The number of nitrogens with zero attached hydrogens (tertiary/aromatic N) is 5. The molecule has 0 aliphatic rings. The van der Waals surface area contributed by atoms with Crippen molar-refractivity contribution in [2.24, 2.45) is 0 Å². The standard InChI is InChI=1S/C19H19N7O/c1-12-5-4-6-18(23-12)26-14(9-16(20-2)24-26)13-7-8-17-22-10-15(19(27)21-3)25(17)11-13/h4-11H,1-3H3,(H,20,24)(H,21,27). The predicted octanol–water partition coefficient (Wildman–Crippen LogP) is 2.29. The second kappa shape index (κ2) is 6.56. The summed E-state index contributed by atoms with van der Waals surface area (Å²) >= 11 is 0. The molecule has 4 aromatic heterocycles. The lowest BCUT2D eigenvalue weighted by atomic mass is 10.2. The molecule has 0 aliphatic heterocycles. The summed E-state index contributed by atoms with van der Waals surface area (Å²) in [5.41, 5.74) is 3.83. The van der Waals surface area contributed by atoms with E-state index in [4.69, 9.17) is 0 Å². The van der Waals surface area contributed by atoms with Crippen LogP contribution >= 0.6 is 0 Å². The van der Waals surface area contributed by atoms with Crippen molar-refractivity contribution in [1.82, 2.24) is 29.5 Å². The summed E-state index contributed by atoms with van der Waals surface area (Å²) < 4.78 is 3.56. The summed E-state index contributed by atoms with van der Waals surface area (Å²) in [7, 11) is 3.42. The van der Waals surface area contributed by atoms with Gasteiger partial charge < -0.3 is 10.6 Å². The number of anilines is 1. The molecule has 0 fully saturated rings. The number of aryl methyl sites for hydroxylation is 1. The zero-order chi connectivity index (χ0) is 19.0. The first-order chi connectivity index (χ1) is 13.1. The van der Waals surface area contributed by atoms with Gasteiger partial charge in [0.15, 0.2) is 5.82 Å². The van der Waals surface area contributed by atoms with Crippen molar-refractivity contribution in [3.63, 3.8) is 0 Å². The summed E-state index contributed by atoms with van der Waals surface area (Å²) in [6, 6.07) is 11.6. The van der Waals surface area contributed by atoms with Gasteiger partial charge in [-0.15, -0.1) is 5.10 Å². The van der Waals surface area contributed by atoms with Gasteiger partial charge in [-0.1, -0.05) is 6.07 Å². The second-order valence-corrected chi connectivity index (χ2v) is 6.08. The molecule has 0 saturated carbocycles. The maximum Gasteiger partial charge on any atom is 0.269 e. The van der Waals surface area contributed by atoms with Crippen LogP contribution in [0.5, 0.6) is 0 Å². The first-order valence-corrected chi connectivity index (χ1v) is 8.52. The third-order valence-corrected chi connectivity index (χ3v) is 4.32. The van der Waals surface area contributed by atoms with Crippen molar-refractivity contribution in [1.29, 1.82) is 0 Å². The summed E-state index contributed by atoms with van der Waals surface area (Å²) in [5.74, 6) is 1.26. The van der Waals surface area contributed by atoms with Crippen molar-refractivity contribution in [2.75, 3.05) is 19.4 Å². The van der Waals surface area contributed by atoms with E-state index in [2.05, 4.69) is 25.7 Å². The Labute approximate surface area is 155 Å². The second-order valence-electron chi connectivity index (χ2n) is 6.08. The molecule has 1 amide bonds. The van der Waals surface area contributed by atoms with Crippen molar-refractivity contribution < 1.29 is 4.79 Å². The lowest BCUT2D eigenvalue weighted by Crippen LogP contribution is -2.19. The van der Waals surface area contributed by atoms with Crippen molar-refractivity contribution >= 4 is 17.4 Å². The van der Waals surface area contributed by atoms with E-state index in [1.54, 1.807) is 22.3 Å². The Morgan fingerprint density at radius 3 is 2.74 bits per heavy atom. The first-order valence-electron chi connectivity index (χ1n) is 8.52. The number of pyridine rings is 2. The van der Waals surface area contributed by atoms with Crippen LogP contribution in [-0.2, 0) is 0 Å². The minimum Gasteiger partial charge on any atom is -0.372 e. The molecule has 0 aromatic carbocycles. The average molecular weight is 361 g/mol. The Kier molecular flexibility index (Phi) is 4.08. The lowest BCUT2D eigenvalue weighted by Gasteiger charge is -2.08. The van der Waals surface area contributed by atoms with Crippen molar-refractivity contribution in [2.45, 2.75) is 6.92 Å². The zero-order valence-corrected chi connectivity index (χ0v) is 15.3. The van der Waals surface area contributed by atoms with E-state index < -0.39 is 0 Å². The van der Waals surface area contributed by atoms with E-state index in [9.17, 15) is 4.79 Å². The van der Waals surface area contributed by atoms with Gasteiger partial charge in [-0.3, -0.25) is 9.20 Å². The number of fused-ring (bicyclic) bond motifs is 1. The highest BCUT2D eigenvalue weighted by Crippen LogP contribution is 2.26. The minimum absolute atomic E-state index is 0.190. The average Bonchev–Trinajstić information content (AvgIpc) is 3.31.